The number of aryl methyl sites for hydroxylation is 1. The minimum Gasteiger partial charge on any atom is -0.356 e. The largest absolute Gasteiger partial charge is 0.356 e. The van der Waals surface area contributed by atoms with Crippen LogP contribution in [0.5, 0.6) is 0 Å². The maximum absolute atomic E-state index is 4.47. The zero-order valence-corrected chi connectivity index (χ0v) is 17.8. The van der Waals surface area contributed by atoms with Crippen LogP contribution >= 0.6 is 0 Å². The smallest absolute Gasteiger partial charge is 0.191 e. The van der Waals surface area contributed by atoms with Crippen molar-refractivity contribution in [2.45, 2.75) is 31.8 Å². The molecule has 0 aliphatic carbocycles. The number of hydrogen-bond acceptors (Lipinski definition) is 3. The minimum atomic E-state index is 0.379. The second-order valence-electron chi connectivity index (χ2n) is 7.83. The number of imidazole rings is 1. The number of aliphatic imine (C=N–C) groups is 1. The number of nitrogens with one attached hydrogen (secondary N) is 2. The van der Waals surface area contributed by atoms with Crippen molar-refractivity contribution >= 4 is 17.0 Å². The summed E-state index contributed by atoms with van der Waals surface area (Å²) in [5.74, 6) is 0.866. The SMILES string of the molecule is CN=C(NCCCn1cnc2ccccc21)NCC(c1ccccc1)N1CCCC1. The van der Waals surface area contributed by atoms with Gasteiger partial charge in [0, 0.05) is 26.7 Å². The van der Waals surface area contributed by atoms with Crippen molar-refractivity contribution in [1.82, 2.24) is 25.1 Å². The Labute approximate surface area is 179 Å². The Hall–Kier alpha value is -2.86. The van der Waals surface area contributed by atoms with Gasteiger partial charge < -0.3 is 15.2 Å². The number of rotatable bonds is 8. The summed E-state index contributed by atoms with van der Waals surface area (Å²) < 4.78 is 2.21. The molecule has 0 spiro atoms. The molecule has 2 N–H and O–H groups in total. The van der Waals surface area contributed by atoms with Crippen molar-refractivity contribution in [1.29, 1.82) is 0 Å². The zero-order valence-electron chi connectivity index (χ0n) is 17.8. The Kier molecular flexibility index (Phi) is 6.98. The maximum Gasteiger partial charge on any atom is 0.191 e. The monoisotopic (exact) mass is 404 g/mol. The van der Waals surface area contributed by atoms with Gasteiger partial charge >= 0.3 is 0 Å². The number of nitrogens with zero attached hydrogens (tertiary/aromatic N) is 4. The van der Waals surface area contributed by atoms with Crippen LogP contribution in [0.2, 0.25) is 0 Å². The molecule has 1 atom stereocenters. The lowest BCUT2D eigenvalue weighted by molar-refractivity contribution is 0.245. The van der Waals surface area contributed by atoms with Crippen molar-refractivity contribution in [3.05, 3.63) is 66.5 Å². The number of likely N-dealkylation sites (tertiary alicyclic amines) is 1. The summed E-state index contributed by atoms with van der Waals surface area (Å²) in [6.45, 7) is 5.00. The molecule has 2 heterocycles. The summed E-state index contributed by atoms with van der Waals surface area (Å²) in [5.41, 5.74) is 3.61. The lowest BCUT2D eigenvalue weighted by atomic mass is 10.1. The number of guanidine groups is 1. The fourth-order valence-electron chi connectivity index (χ4n) is 4.24. The molecular formula is C24H32N6. The second-order valence-corrected chi connectivity index (χ2v) is 7.83. The van der Waals surface area contributed by atoms with Gasteiger partial charge in [-0.1, -0.05) is 42.5 Å². The highest BCUT2D eigenvalue weighted by Crippen LogP contribution is 2.24. The van der Waals surface area contributed by atoms with Crippen molar-refractivity contribution in [2.24, 2.45) is 4.99 Å². The first-order valence-electron chi connectivity index (χ1n) is 11.0. The van der Waals surface area contributed by atoms with E-state index >= 15 is 0 Å². The molecule has 158 valence electrons. The van der Waals surface area contributed by atoms with Gasteiger partial charge in [0.2, 0.25) is 0 Å². The molecule has 1 fully saturated rings. The number of aromatic nitrogens is 2. The van der Waals surface area contributed by atoms with Gasteiger partial charge in [0.05, 0.1) is 23.4 Å². The molecular weight excluding hydrogens is 372 g/mol. The van der Waals surface area contributed by atoms with E-state index in [9.17, 15) is 0 Å². The summed E-state index contributed by atoms with van der Waals surface area (Å²) in [4.78, 5) is 11.5. The Morgan fingerprint density at radius 1 is 1.03 bits per heavy atom. The average Bonchev–Trinajstić information content (AvgIpc) is 3.47. The Morgan fingerprint density at radius 2 is 1.80 bits per heavy atom. The molecule has 1 aromatic heterocycles. The van der Waals surface area contributed by atoms with E-state index in [-0.39, 0.29) is 0 Å². The minimum absolute atomic E-state index is 0.379. The molecule has 1 aliphatic rings. The van der Waals surface area contributed by atoms with E-state index in [0.29, 0.717) is 6.04 Å². The van der Waals surface area contributed by atoms with Crippen LogP contribution < -0.4 is 10.6 Å². The third kappa shape index (κ3) is 5.00. The lowest BCUT2D eigenvalue weighted by Gasteiger charge is -2.29. The summed E-state index contributed by atoms with van der Waals surface area (Å²) in [5, 5.41) is 7.01. The molecule has 1 unspecified atom stereocenters. The van der Waals surface area contributed by atoms with Crippen LogP contribution in [0.1, 0.15) is 30.9 Å². The number of para-hydroxylation sites is 2. The predicted octanol–water partition coefficient (Wildman–Crippen LogP) is 3.43. The first-order valence-corrected chi connectivity index (χ1v) is 11.0. The predicted molar refractivity (Wildman–Crippen MR) is 124 cm³/mol. The standard InChI is InChI=1S/C24H32N6/c1-25-24(26-14-9-17-30-19-28-21-12-5-6-13-22(21)30)27-18-23(29-15-7-8-16-29)20-10-3-2-4-11-20/h2-6,10-13,19,23H,7-9,14-18H2,1H3,(H2,25,26,27). The molecule has 0 amide bonds. The fraction of sp³-hybridized carbons (Fsp3) is 0.417. The summed E-state index contributed by atoms with van der Waals surface area (Å²) in [6, 6.07) is 19.5. The van der Waals surface area contributed by atoms with Crippen LogP contribution in [0.15, 0.2) is 65.9 Å². The molecule has 2 aromatic carbocycles. The van der Waals surface area contributed by atoms with Crippen LogP contribution in [0.3, 0.4) is 0 Å². The maximum atomic E-state index is 4.47. The van der Waals surface area contributed by atoms with Gasteiger partial charge in [-0.2, -0.15) is 0 Å². The van der Waals surface area contributed by atoms with Crippen LogP contribution in [0.25, 0.3) is 11.0 Å². The molecule has 0 saturated carbocycles. The molecule has 6 nitrogen and oxygen atoms in total. The third-order valence-corrected chi connectivity index (χ3v) is 5.85. The third-order valence-electron chi connectivity index (χ3n) is 5.85. The lowest BCUT2D eigenvalue weighted by Crippen LogP contribution is -2.43. The topological polar surface area (TPSA) is 57.5 Å². The molecule has 0 radical (unpaired) electrons. The zero-order chi connectivity index (χ0) is 20.6. The summed E-state index contributed by atoms with van der Waals surface area (Å²) in [6.07, 6.45) is 5.52. The second kappa shape index (κ2) is 10.3. The average molecular weight is 405 g/mol. The van der Waals surface area contributed by atoms with Crippen LogP contribution in [0, 0.1) is 0 Å². The molecule has 4 rings (SSSR count). The van der Waals surface area contributed by atoms with E-state index < -0.39 is 0 Å². The Morgan fingerprint density at radius 3 is 2.60 bits per heavy atom. The van der Waals surface area contributed by atoms with Crippen molar-refractivity contribution in [3.8, 4) is 0 Å². The van der Waals surface area contributed by atoms with E-state index in [1.165, 1.54) is 37.0 Å². The normalized spacial score (nSPS) is 16.1. The molecule has 1 saturated heterocycles. The fourth-order valence-corrected chi connectivity index (χ4v) is 4.24. The van der Waals surface area contributed by atoms with Crippen LogP contribution in [0.4, 0.5) is 0 Å². The van der Waals surface area contributed by atoms with Crippen molar-refractivity contribution in [3.63, 3.8) is 0 Å². The van der Waals surface area contributed by atoms with E-state index in [4.69, 9.17) is 0 Å². The first kappa shape index (κ1) is 20.4. The van der Waals surface area contributed by atoms with Gasteiger partial charge in [0.1, 0.15) is 0 Å². The number of benzene rings is 2. The van der Waals surface area contributed by atoms with E-state index in [2.05, 4.69) is 78.6 Å². The highest BCUT2D eigenvalue weighted by molar-refractivity contribution is 5.79. The van der Waals surface area contributed by atoms with E-state index in [1.54, 1.807) is 0 Å². The molecule has 6 heteroatoms. The van der Waals surface area contributed by atoms with Gasteiger partial charge in [-0.15, -0.1) is 0 Å². The first-order chi connectivity index (χ1) is 14.8. The van der Waals surface area contributed by atoms with Gasteiger partial charge in [0.15, 0.2) is 5.96 Å². The van der Waals surface area contributed by atoms with E-state index in [0.717, 1.165) is 37.5 Å². The Balaban J connectivity index is 1.27. The van der Waals surface area contributed by atoms with E-state index in [1.807, 2.05) is 19.4 Å². The quantitative estimate of drug-likeness (QED) is 0.343. The van der Waals surface area contributed by atoms with Gasteiger partial charge in [-0.05, 0) is 50.0 Å². The summed E-state index contributed by atoms with van der Waals surface area (Å²) in [7, 11) is 1.84. The van der Waals surface area contributed by atoms with Gasteiger partial charge in [-0.25, -0.2) is 4.98 Å². The van der Waals surface area contributed by atoms with Gasteiger partial charge in [-0.3, -0.25) is 9.89 Å². The molecule has 3 aromatic rings. The van der Waals surface area contributed by atoms with Crippen LogP contribution in [-0.2, 0) is 6.54 Å². The van der Waals surface area contributed by atoms with Crippen LogP contribution in [-0.4, -0.2) is 53.6 Å². The molecule has 0 bridgehead atoms. The molecule has 30 heavy (non-hydrogen) atoms. The summed E-state index contributed by atoms with van der Waals surface area (Å²) >= 11 is 0. The van der Waals surface area contributed by atoms with Crippen molar-refractivity contribution < 1.29 is 0 Å². The highest BCUT2D eigenvalue weighted by Gasteiger charge is 2.23. The number of fused-ring (bicyclic) bond motifs is 1. The van der Waals surface area contributed by atoms with Gasteiger partial charge in [0.25, 0.3) is 0 Å². The Bertz CT molecular complexity index is 942. The molecule has 1 aliphatic heterocycles. The number of hydrogen-bond donors (Lipinski definition) is 2. The highest BCUT2D eigenvalue weighted by atomic mass is 15.2. The van der Waals surface area contributed by atoms with Crippen molar-refractivity contribution in [2.75, 3.05) is 33.2 Å².